The minimum absolute atomic E-state index is 0.431. The molecule has 0 amide bonds. The molecule has 0 atom stereocenters. The fourth-order valence-corrected chi connectivity index (χ4v) is 2.20. The largest absolute Gasteiger partial charge is 0.468 e. The van der Waals surface area contributed by atoms with Crippen LogP contribution in [0.3, 0.4) is 0 Å². The third kappa shape index (κ3) is 3.92. The lowest BCUT2D eigenvalue weighted by Gasteiger charge is -2.06. The number of nitrogens with zero attached hydrogens (tertiary/aromatic N) is 1. The van der Waals surface area contributed by atoms with E-state index in [2.05, 4.69) is 65.2 Å². The fourth-order valence-electron chi connectivity index (χ4n) is 2.20. The third-order valence-corrected chi connectivity index (χ3v) is 3.22. The quantitative estimate of drug-likeness (QED) is 0.672. The molecule has 0 aliphatic carbocycles. The number of aromatic nitrogens is 1. The molecular formula is C19H19NO2. The highest BCUT2D eigenvalue weighted by Crippen LogP contribution is 2.27. The number of hydrogen-bond acceptors (Lipinski definition) is 3. The van der Waals surface area contributed by atoms with Crippen molar-refractivity contribution in [2.24, 2.45) is 0 Å². The molecule has 1 aromatic heterocycles. The number of hydrogen-bond donors (Lipinski definition) is 0. The van der Waals surface area contributed by atoms with Crippen molar-refractivity contribution < 1.29 is 9.53 Å². The number of aryl methyl sites for hydroxylation is 1. The van der Waals surface area contributed by atoms with Gasteiger partial charge in [-0.2, -0.15) is 0 Å². The Kier molecular flexibility index (Phi) is 5.66. The molecule has 0 aliphatic heterocycles. The van der Waals surface area contributed by atoms with Gasteiger partial charge < -0.3 is 4.74 Å². The molecule has 0 saturated carbocycles. The van der Waals surface area contributed by atoms with Crippen LogP contribution < -0.4 is 0 Å². The summed E-state index contributed by atoms with van der Waals surface area (Å²) in [6, 6.07) is 18.9. The van der Waals surface area contributed by atoms with E-state index in [0.717, 1.165) is 5.52 Å². The molecule has 2 aromatic carbocycles. The third-order valence-electron chi connectivity index (χ3n) is 3.22. The van der Waals surface area contributed by atoms with Crippen LogP contribution in [0.25, 0.3) is 22.0 Å². The van der Waals surface area contributed by atoms with Crippen molar-refractivity contribution in [3.63, 3.8) is 0 Å². The van der Waals surface area contributed by atoms with Crippen molar-refractivity contribution in [1.29, 1.82) is 0 Å². The molecule has 0 radical (unpaired) electrons. The van der Waals surface area contributed by atoms with Crippen LogP contribution in [0.4, 0.5) is 0 Å². The lowest BCUT2D eigenvalue weighted by Crippen LogP contribution is -1.85. The molecule has 0 N–H and O–H groups in total. The van der Waals surface area contributed by atoms with Crippen LogP contribution in [0, 0.1) is 6.92 Å². The second-order valence-electron chi connectivity index (χ2n) is 4.80. The zero-order chi connectivity index (χ0) is 15.8. The molecule has 0 saturated heterocycles. The topological polar surface area (TPSA) is 39.2 Å². The highest BCUT2D eigenvalue weighted by atomic mass is 16.5. The number of pyridine rings is 1. The molecule has 0 fully saturated rings. The Morgan fingerprint density at radius 1 is 1.09 bits per heavy atom. The number of carbonyl (C=O) groups excluding carboxylic acids is 1. The standard InChI is InChI=1S/C16H13N.C3H6O2/c1-12-7-8-16-15(11-12)14(9-10-17-16)13-5-3-2-4-6-13;1-2-5-3-4/h2-11H,1H3;3H,2H2,1H3. The maximum atomic E-state index is 9.18. The summed E-state index contributed by atoms with van der Waals surface area (Å²) < 4.78 is 4.15. The summed E-state index contributed by atoms with van der Waals surface area (Å²) in [6.45, 7) is 4.78. The van der Waals surface area contributed by atoms with Gasteiger partial charge in [-0.05, 0) is 43.2 Å². The first-order chi connectivity index (χ1) is 10.8. The second kappa shape index (κ2) is 7.93. The summed E-state index contributed by atoms with van der Waals surface area (Å²) in [5.74, 6) is 0. The number of carbonyl (C=O) groups is 1. The van der Waals surface area contributed by atoms with E-state index in [1.54, 1.807) is 6.92 Å². The zero-order valence-corrected chi connectivity index (χ0v) is 12.8. The van der Waals surface area contributed by atoms with Gasteiger partial charge in [-0.3, -0.25) is 9.78 Å². The summed E-state index contributed by atoms with van der Waals surface area (Å²) in [5.41, 5.74) is 4.81. The first-order valence-electron chi connectivity index (χ1n) is 7.22. The Bertz CT molecular complexity index is 739. The van der Waals surface area contributed by atoms with E-state index in [0.29, 0.717) is 13.1 Å². The first kappa shape index (κ1) is 15.7. The molecular weight excluding hydrogens is 274 g/mol. The van der Waals surface area contributed by atoms with Crippen molar-refractivity contribution in [2.75, 3.05) is 6.61 Å². The van der Waals surface area contributed by atoms with E-state index in [4.69, 9.17) is 0 Å². The number of fused-ring (bicyclic) bond motifs is 1. The highest BCUT2D eigenvalue weighted by Gasteiger charge is 2.03. The average molecular weight is 293 g/mol. The molecule has 22 heavy (non-hydrogen) atoms. The van der Waals surface area contributed by atoms with Gasteiger partial charge in [-0.15, -0.1) is 0 Å². The van der Waals surface area contributed by atoms with E-state index in [-0.39, 0.29) is 0 Å². The van der Waals surface area contributed by atoms with Crippen LogP contribution in [0.1, 0.15) is 12.5 Å². The number of ether oxygens (including phenoxy) is 1. The Balaban J connectivity index is 0.000000309. The van der Waals surface area contributed by atoms with Crippen molar-refractivity contribution in [1.82, 2.24) is 4.98 Å². The molecule has 0 unspecified atom stereocenters. The normalized spacial score (nSPS) is 9.73. The number of benzene rings is 2. The minimum Gasteiger partial charge on any atom is -0.468 e. The van der Waals surface area contributed by atoms with Crippen LogP contribution in [0.15, 0.2) is 60.8 Å². The van der Waals surface area contributed by atoms with E-state index < -0.39 is 0 Å². The molecule has 0 aliphatic rings. The molecule has 3 aromatic rings. The van der Waals surface area contributed by atoms with Gasteiger partial charge in [0.1, 0.15) is 0 Å². The highest BCUT2D eigenvalue weighted by molar-refractivity contribution is 5.94. The smallest absolute Gasteiger partial charge is 0.293 e. The van der Waals surface area contributed by atoms with Gasteiger partial charge in [0, 0.05) is 11.6 Å². The van der Waals surface area contributed by atoms with Crippen LogP contribution in [0.5, 0.6) is 0 Å². The Morgan fingerprint density at radius 2 is 1.86 bits per heavy atom. The van der Waals surface area contributed by atoms with Gasteiger partial charge in [-0.25, -0.2) is 0 Å². The van der Waals surface area contributed by atoms with Gasteiger partial charge >= 0.3 is 0 Å². The summed E-state index contributed by atoms with van der Waals surface area (Å²) in [5, 5.41) is 1.22. The van der Waals surface area contributed by atoms with E-state index in [9.17, 15) is 4.79 Å². The first-order valence-corrected chi connectivity index (χ1v) is 7.22. The maximum absolute atomic E-state index is 9.18. The van der Waals surface area contributed by atoms with Gasteiger partial charge in [0.2, 0.25) is 0 Å². The van der Waals surface area contributed by atoms with Crippen LogP contribution in [-0.4, -0.2) is 18.1 Å². The molecule has 112 valence electrons. The van der Waals surface area contributed by atoms with Crippen molar-refractivity contribution in [2.45, 2.75) is 13.8 Å². The van der Waals surface area contributed by atoms with Crippen molar-refractivity contribution in [3.05, 3.63) is 66.4 Å². The van der Waals surface area contributed by atoms with Crippen LogP contribution >= 0.6 is 0 Å². The van der Waals surface area contributed by atoms with Gasteiger partial charge in [0.25, 0.3) is 6.47 Å². The molecule has 3 rings (SSSR count). The lowest BCUT2D eigenvalue weighted by molar-refractivity contribution is -0.128. The van der Waals surface area contributed by atoms with Crippen LogP contribution in [-0.2, 0) is 9.53 Å². The Morgan fingerprint density at radius 3 is 2.50 bits per heavy atom. The molecule has 3 heteroatoms. The average Bonchev–Trinajstić information content (AvgIpc) is 2.56. The molecule has 0 bridgehead atoms. The zero-order valence-electron chi connectivity index (χ0n) is 12.8. The van der Waals surface area contributed by atoms with E-state index in [1.165, 1.54) is 22.1 Å². The van der Waals surface area contributed by atoms with Crippen molar-refractivity contribution >= 4 is 17.4 Å². The summed E-state index contributed by atoms with van der Waals surface area (Å²) in [6.07, 6.45) is 1.88. The maximum Gasteiger partial charge on any atom is 0.293 e. The SMILES string of the molecule is CCOC=O.Cc1ccc2nccc(-c3ccccc3)c2c1. The lowest BCUT2D eigenvalue weighted by atomic mass is 10.0. The van der Waals surface area contributed by atoms with E-state index >= 15 is 0 Å². The number of rotatable bonds is 3. The minimum atomic E-state index is 0.431. The Hall–Kier alpha value is -2.68. The second-order valence-corrected chi connectivity index (χ2v) is 4.80. The summed E-state index contributed by atoms with van der Waals surface area (Å²) in [4.78, 5) is 13.6. The molecule has 3 nitrogen and oxygen atoms in total. The summed E-state index contributed by atoms with van der Waals surface area (Å²) >= 11 is 0. The monoisotopic (exact) mass is 293 g/mol. The van der Waals surface area contributed by atoms with Gasteiger partial charge in [0.15, 0.2) is 0 Å². The van der Waals surface area contributed by atoms with Gasteiger partial charge in [-0.1, -0.05) is 42.0 Å². The van der Waals surface area contributed by atoms with Gasteiger partial charge in [0.05, 0.1) is 12.1 Å². The Labute approximate surface area is 130 Å². The van der Waals surface area contributed by atoms with Crippen LogP contribution in [0.2, 0.25) is 0 Å². The molecule has 1 heterocycles. The molecule has 0 spiro atoms. The van der Waals surface area contributed by atoms with E-state index in [1.807, 2.05) is 12.3 Å². The fraction of sp³-hybridized carbons (Fsp3) is 0.158. The predicted octanol–water partition coefficient (Wildman–Crippen LogP) is 4.39. The summed E-state index contributed by atoms with van der Waals surface area (Å²) in [7, 11) is 0. The van der Waals surface area contributed by atoms with Crippen molar-refractivity contribution in [3.8, 4) is 11.1 Å². The predicted molar refractivity (Wildman–Crippen MR) is 89.6 cm³/mol.